The number of hydrogen-bond acceptors (Lipinski definition) is 3. The number of hydrogen-bond donors (Lipinski definition) is 3. The maximum atomic E-state index is 8.76. The number of nitrogens with zero attached hydrogens (tertiary/aromatic N) is 1. The summed E-state index contributed by atoms with van der Waals surface area (Å²) in [6.07, 6.45) is 5.90. The van der Waals surface area contributed by atoms with Crippen LogP contribution in [0.4, 0.5) is 0 Å². The number of thioether (sulfide) groups is 1. The molecule has 0 saturated heterocycles. The van der Waals surface area contributed by atoms with E-state index in [0.29, 0.717) is 12.6 Å². The fourth-order valence-corrected chi connectivity index (χ4v) is 2.76. The minimum absolute atomic E-state index is 0. The summed E-state index contributed by atoms with van der Waals surface area (Å²) in [6.45, 7) is 3.48. The molecule has 1 saturated carbocycles. The highest BCUT2D eigenvalue weighted by Gasteiger charge is 2.24. The minimum atomic E-state index is 0. The standard InChI is InChI=1S/C11H23N3OS.HI/c1-3-12-11(13-6-7-15)14-9-4-5-10(8-9)16-2;/h9-10,15H,3-8H2,1-2H3,(H2,12,13,14);1H. The molecular weight excluding hydrogens is 349 g/mol. The molecule has 1 aliphatic carbocycles. The zero-order chi connectivity index (χ0) is 11.8. The van der Waals surface area contributed by atoms with Gasteiger partial charge >= 0.3 is 0 Å². The second-order valence-corrected chi connectivity index (χ2v) is 5.13. The van der Waals surface area contributed by atoms with E-state index in [1.165, 1.54) is 19.3 Å². The molecule has 1 aliphatic rings. The Labute approximate surface area is 125 Å². The molecule has 0 heterocycles. The van der Waals surface area contributed by atoms with E-state index in [0.717, 1.165) is 17.8 Å². The van der Waals surface area contributed by atoms with Gasteiger partial charge in [-0.25, -0.2) is 0 Å². The quantitative estimate of drug-likeness (QED) is 0.388. The Morgan fingerprint density at radius 2 is 2.24 bits per heavy atom. The average molecular weight is 373 g/mol. The Kier molecular flexibility index (Phi) is 10.4. The lowest BCUT2D eigenvalue weighted by Crippen LogP contribution is -2.42. The molecule has 2 unspecified atom stereocenters. The van der Waals surface area contributed by atoms with Crippen molar-refractivity contribution in [3.05, 3.63) is 0 Å². The van der Waals surface area contributed by atoms with Crippen molar-refractivity contribution < 1.29 is 5.11 Å². The second kappa shape index (κ2) is 10.3. The number of rotatable bonds is 5. The first kappa shape index (κ1) is 17.3. The maximum Gasteiger partial charge on any atom is 0.191 e. The van der Waals surface area contributed by atoms with Crippen LogP contribution in [0.5, 0.6) is 0 Å². The fraction of sp³-hybridized carbons (Fsp3) is 0.909. The van der Waals surface area contributed by atoms with E-state index < -0.39 is 0 Å². The molecule has 17 heavy (non-hydrogen) atoms. The first-order valence-electron chi connectivity index (χ1n) is 5.98. The van der Waals surface area contributed by atoms with Crippen LogP contribution in [0.3, 0.4) is 0 Å². The van der Waals surface area contributed by atoms with Crippen LogP contribution in [-0.2, 0) is 0 Å². The fourth-order valence-electron chi connectivity index (χ4n) is 1.96. The summed E-state index contributed by atoms with van der Waals surface area (Å²) < 4.78 is 0. The van der Waals surface area contributed by atoms with Crippen LogP contribution in [0.15, 0.2) is 4.99 Å². The van der Waals surface area contributed by atoms with E-state index in [4.69, 9.17) is 5.11 Å². The zero-order valence-corrected chi connectivity index (χ0v) is 13.8. The van der Waals surface area contributed by atoms with Gasteiger partial charge in [-0.2, -0.15) is 11.8 Å². The Hall–Kier alpha value is 0.310. The predicted octanol–water partition coefficient (Wildman–Crippen LogP) is 1.44. The maximum absolute atomic E-state index is 8.76. The van der Waals surface area contributed by atoms with Crippen LogP contribution >= 0.6 is 35.7 Å². The molecule has 0 aromatic carbocycles. The molecule has 2 atom stereocenters. The van der Waals surface area contributed by atoms with Crippen molar-refractivity contribution in [1.29, 1.82) is 0 Å². The molecule has 102 valence electrons. The molecule has 6 heteroatoms. The number of aliphatic hydroxyl groups excluding tert-OH is 1. The lowest BCUT2D eigenvalue weighted by Gasteiger charge is -2.16. The van der Waals surface area contributed by atoms with Crippen molar-refractivity contribution in [2.45, 2.75) is 37.5 Å². The van der Waals surface area contributed by atoms with Gasteiger partial charge in [0.1, 0.15) is 0 Å². The van der Waals surface area contributed by atoms with Gasteiger partial charge in [0, 0.05) is 17.8 Å². The lowest BCUT2D eigenvalue weighted by atomic mass is 10.2. The van der Waals surface area contributed by atoms with Crippen molar-refractivity contribution in [3.8, 4) is 0 Å². The van der Waals surface area contributed by atoms with Crippen molar-refractivity contribution in [2.24, 2.45) is 4.99 Å². The van der Waals surface area contributed by atoms with E-state index in [1.54, 1.807) is 0 Å². The molecule has 3 N–H and O–H groups in total. The molecule has 0 aromatic heterocycles. The molecule has 0 aliphatic heterocycles. The Morgan fingerprint density at radius 1 is 1.47 bits per heavy atom. The summed E-state index contributed by atoms with van der Waals surface area (Å²) in [5.41, 5.74) is 0. The van der Waals surface area contributed by atoms with E-state index in [2.05, 4.69) is 28.8 Å². The SMILES string of the molecule is CCNC(=NCCO)NC1CCC(SC)C1.I. The third kappa shape index (κ3) is 6.71. The van der Waals surface area contributed by atoms with Crippen LogP contribution in [-0.4, -0.2) is 48.3 Å². The van der Waals surface area contributed by atoms with E-state index >= 15 is 0 Å². The summed E-state index contributed by atoms with van der Waals surface area (Å²) >= 11 is 1.95. The second-order valence-electron chi connectivity index (χ2n) is 4.00. The largest absolute Gasteiger partial charge is 0.394 e. The van der Waals surface area contributed by atoms with E-state index in [1.807, 2.05) is 11.8 Å². The van der Waals surface area contributed by atoms with E-state index in [9.17, 15) is 0 Å². The topological polar surface area (TPSA) is 56.7 Å². The number of aliphatic hydroxyl groups is 1. The predicted molar refractivity (Wildman–Crippen MR) is 86.6 cm³/mol. The van der Waals surface area contributed by atoms with Crippen LogP contribution in [0, 0.1) is 0 Å². The summed E-state index contributed by atoms with van der Waals surface area (Å²) in [5.74, 6) is 0.836. The van der Waals surface area contributed by atoms with Gasteiger partial charge < -0.3 is 15.7 Å². The Morgan fingerprint density at radius 3 is 2.76 bits per heavy atom. The summed E-state index contributed by atoms with van der Waals surface area (Å²) in [6, 6.07) is 0.536. The number of nitrogens with one attached hydrogen (secondary N) is 2. The average Bonchev–Trinajstić information content (AvgIpc) is 2.74. The molecule has 1 fully saturated rings. The number of guanidine groups is 1. The van der Waals surface area contributed by atoms with E-state index in [-0.39, 0.29) is 30.6 Å². The van der Waals surface area contributed by atoms with Gasteiger partial charge in [0.2, 0.25) is 0 Å². The molecule has 4 nitrogen and oxygen atoms in total. The Bertz CT molecular complexity index is 229. The van der Waals surface area contributed by atoms with Crippen LogP contribution in [0.2, 0.25) is 0 Å². The van der Waals surface area contributed by atoms with Crippen LogP contribution in [0.25, 0.3) is 0 Å². The molecule has 1 rings (SSSR count). The Balaban J connectivity index is 0.00000256. The normalized spacial score (nSPS) is 24.3. The monoisotopic (exact) mass is 373 g/mol. The summed E-state index contributed by atoms with van der Waals surface area (Å²) in [4.78, 5) is 4.28. The van der Waals surface area contributed by atoms with Crippen molar-refractivity contribution in [3.63, 3.8) is 0 Å². The van der Waals surface area contributed by atoms with Gasteiger partial charge in [-0.05, 0) is 32.4 Å². The summed E-state index contributed by atoms with van der Waals surface area (Å²) in [7, 11) is 0. The molecule has 0 aromatic rings. The smallest absolute Gasteiger partial charge is 0.191 e. The molecular formula is C11H24IN3OS. The first-order chi connectivity index (χ1) is 7.80. The van der Waals surface area contributed by atoms with Gasteiger partial charge in [0.25, 0.3) is 0 Å². The number of halogens is 1. The first-order valence-corrected chi connectivity index (χ1v) is 7.27. The third-order valence-electron chi connectivity index (χ3n) is 2.77. The third-order valence-corrected chi connectivity index (χ3v) is 3.87. The van der Waals surface area contributed by atoms with Gasteiger partial charge in [0.05, 0.1) is 13.2 Å². The lowest BCUT2D eigenvalue weighted by molar-refractivity contribution is 0.306. The minimum Gasteiger partial charge on any atom is -0.394 e. The highest BCUT2D eigenvalue weighted by atomic mass is 127. The van der Waals surface area contributed by atoms with Gasteiger partial charge in [-0.3, -0.25) is 4.99 Å². The van der Waals surface area contributed by atoms with Crippen molar-refractivity contribution in [1.82, 2.24) is 10.6 Å². The van der Waals surface area contributed by atoms with Crippen LogP contribution < -0.4 is 10.6 Å². The van der Waals surface area contributed by atoms with Gasteiger partial charge in [0.15, 0.2) is 5.96 Å². The van der Waals surface area contributed by atoms with Gasteiger partial charge in [-0.15, -0.1) is 24.0 Å². The highest BCUT2D eigenvalue weighted by Crippen LogP contribution is 2.27. The highest BCUT2D eigenvalue weighted by molar-refractivity contribution is 14.0. The molecule has 0 bridgehead atoms. The zero-order valence-electron chi connectivity index (χ0n) is 10.6. The van der Waals surface area contributed by atoms with Gasteiger partial charge in [-0.1, -0.05) is 0 Å². The molecule has 0 amide bonds. The molecule has 0 spiro atoms. The van der Waals surface area contributed by atoms with Crippen molar-refractivity contribution in [2.75, 3.05) is 26.0 Å². The van der Waals surface area contributed by atoms with Crippen LogP contribution in [0.1, 0.15) is 26.2 Å². The van der Waals surface area contributed by atoms with Crippen molar-refractivity contribution >= 4 is 41.7 Å². The number of aliphatic imine (C=N–C) groups is 1. The summed E-state index contributed by atoms with van der Waals surface area (Å²) in [5, 5.41) is 16.2. The molecule has 0 radical (unpaired) electrons.